The topological polar surface area (TPSA) is 0 Å². The highest BCUT2D eigenvalue weighted by Gasteiger charge is 2.78. The van der Waals surface area contributed by atoms with Crippen molar-refractivity contribution < 1.29 is 0 Å². The molecule has 0 nitrogen and oxygen atoms in total. The van der Waals surface area contributed by atoms with Crippen molar-refractivity contribution in [3.05, 3.63) is 0 Å². The van der Waals surface area contributed by atoms with Crippen LogP contribution in [0.15, 0.2) is 0 Å². The Morgan fingerprint density at radius 2 is 0.567 bits per heavy atom. The molecule has 1 saturated carbocycles. The zero-order valence-electron chi connectivity index (χ0n) is 25.0. The van der Waals surface area contributed by atoms with Crippen LogP contribution in [-0.2, 0) is 0 Å². The van der Waals surface area contributed by atoms with Crippen molar-refractivity contribution in [1.29, 1.82) is 0 Å². The Kier molecular flexibility index (Phi) is 5.90. The van der Waals surface area contributed by atoms with Crippen molar-refractivity contribution in [3.8, 4) is 0 Å². The fraction of sp³-hybridized carbons (Fsp3) is 1.00. The van der Waals surface area contributed by atoms with Crippen LogP contribution in [0.1, 0.15) is 138 Å². The lowest BCUT2D eigenvalue weighted by Gasteiger charge is -2.82. The Morgan fingerprint density at radius 3 is 0.800 bits per heavy atom. The van der Waals surface area contributed by atoms with Gasteiger partial charge in [-0.25, -0.2) is 0 Å². The SMILES string of the molecule is CC(C)(C)C(C)(C)C(C)(C)C(C)(C)C1(C)C(C)(C)C(C)(C)C(C)(C)C(C)(C)C1(C)C. The highest BCUT2D eigenvalue weighted by atomic mass is 14.8. The molecule has 0 unspecified atom stereocenters. The molecule has 0 atom stereocenters. The Hall–Kier alpha value is 0. The molecule has 180 valence electrons. The fourth-order valence-corrected chi connectivity index (χ4v) is 8.28. The molecule has 0 amide bonds. The molecule has 0 heterocycles. The lowest BCUT2D eigenvalue weighted by Crippen LogP contribution is -2.76. The average molecular weight is 421 g/mol. The van der Waals surface area contributed by atoms with Crippen LogP contribution in [0.5, 0.6) is 0 Å². The first-order valence-electron chi connectivity index (χ1n) is 12.5. The van der Waals surface area contributed by atoms with E-state index in [1.54, 1.807) is 0 Å². The van der Waals surface area contributed by atoms with Crippen LogP contribution in [0.4, 0.5) is 0 Å². The second kappa shape index (κ2) is 6.32. The lowest BCUT2D eigenvalue weighted by atomic mass is 9.22. The summed E-state index contributed by atoms with van der Waals surface area (Å²) in [6.07, 6.45) is 0. The maximum Gasteiger partial charge on any atom is -0.0156 e. The van der Waals surface area contributed by atoms with Crippen LogP contribution >= 0.6 is 0 Å². The van der Waals surface area contributed by atoms with E-state index in [1.807, 2.05) is 0 Å². The molecule has 1 aliphatic rings. The van der Waals surface area contributed by atoms with Gasteiger partial charge in [0.2, 0.25) is 0 Å². The maximum absolute atomic E-state index is 2.66. The molecule has 0 aliphatic heterocycles. The molecular weight excluding hydrogens is 360 g/mol. The van der Waals surface area contributed by atoms with Gasteiger partial charge in [0.05, 0.1) is 0 Å². The highest BCUT2D eigenvalue weighted by molar-refractivity contribution is 5.26. The largest absolute Gasteiger partial charge is 0.0596 e. The second-order valence-corrected chi connectivity index (χ2v) is 16.4. The van der Waals surface area contributed by atoms with Crippen LogP contribution in [0, 0.1) is 54.1 Å². The summed E-state index contributed by atoms with van der Waals surface area (Å²) >= 11 is 0. The molecular formula is C30H60. The molecule has 0 spiro atoms. The molecule has 0 heteroatoms. The Balaban J connectivity index is 4.13. The smallest absolute Gasteiger partial charge is 0.0156 e. The van der Waals surface area contributed by atoms with Crippen LogP contribution < -0.4 is 0 Å². The summed E-state index contributed by atoms with van der Waals surface area (Å²) in [6.45, 7) is 51.0. The van der Waals surface area contributed by atoms with Crippen LogP contribution in [0.3, 0.4) is 0 Å². The molecule has 1 fully saturated rings. The van der Waals surface area contributed by atoms with E-state index in [2.05, 4.69) is 138 Å². The molecule has 0 N–H and O–H groups in total. The van der Waals surface area contributed by atoms with E-state index in [4.69, 9.17) is 0 Å². The van der Waals surface area contributed by atoms with Gasteiger partial charge in [-0.05, 0) is 54.1 Å². The van der Waals surface area contributed by atoms with Crippen molar-refractivity contribution in [3.63, 3.8) is 0 Å². The van der Waals surface area contributed by atoms with E-state index in [9.17, 15) is 0 Å². The van der Waals surface area contributed by atoms with Gasteiger partial charge in [-0.1, -0.05) is 138 Å². The molecule has 0 radical (unpaired) electrons. The molecule has 0 aromatic heterocycles. The van der Waals surface area contributed by atoms with Gasteiger partial charge in [-0.15, -0.1) is 0 Å². The summed E-state index contributed by atoms with van der Waals surface area (Å²) in [5.41, 5.74) is 1.52. The molecule has 0 aromatic carbocycles. The van der Waals surface area contributed by atoms with Gasteiger partial charge >= 0.3 is 0 Å². The predicted octanol–water partition coefficient (Wildman–Crippen LogP) is 10.3. The van der Waals surface area contributed by atoms with E-state index < -0.39 is 0 Å². The number of hydrogen-bond donors (Lipinski definition) is 0. The third-order valence-corrected chi connectivity index (χ3v) is 15.0. The van der Waals surface area contributed by atoms with E-state index in [1.165, 1.54) is 0 Å². The summed E-state index contributed by atoms with van der Waals surface area (Å²) in [6, 6.07) is 0. The molecule has 1 rings (SSSR count). The summed E-state index contributed by atoms with van der Waals surface area (Å²) in [4.78, 5) is 0. The van der Waals surface area contributed by atoms with Crippen molar-refractivity contribution in [2.24, 2.45) is 54.1 Å². The van der Waals surface area contributed by atoms with Crippen molar-refractivity contribution >= 4 is 0 Å². The van der Waals surface area contributed by atoms with E-state index >= 15 is 0 Å². The zero-order valence-corrected chi connectivity index (χ0v) is 25.0. The van der Waals surface area contributed by atoms with Gasteiger partial charge in [0.15, 0.2) is 0 Å². The van der Waals surface area contributed by atoms with Crippen LogP contribution in [-0.4, -0.2) is 0 Å². The average Bonchev–Trinajstić information content (AvgIpc) is 2.50. The Morgan fingerprint density at radius 1 is 0.333 bits per heavy atom. The zero-order chi connectivity index (χ0) is 25.0. The minimum Gasteiger partial charge on any atom is -0.0596 e. The van der Waals surface area contributed by atoms with Gasteiger partial charge in [0.25, 0.3) is 0 Å². The first kappa shape index (κ1) is 28.0. The quantitative estimate of drug-likeness (QED) is 0.426. The minimum atomic E-state index is 0.0921. The summed E-state index contributed by atoms with van der Waals surface area (Å²) < 4.78 is 0. The van der Waals surface area contributed by atoms with Crippen molar-refractivity contribution in [1.82, 2.24) is 0 Å². The van der Waals surface area contributed by atoms with Crippen molar-refractivity contribution in [2.75, 3.05) is 0 Å². The highest BCUT2D eigenvalue weighted by Crippen LogP contribution is 2.84. The monoisotopic (exact) mass is 420 g/mol. The third-order valence-electron chi connectivity index (χ3n) is 15.0. The Labute approximate surface area is 192 Å². The standard InChI is InChI=1S/C30H60/c1-21(2,3)22(4,5)23(6,7)27(14,15)30(20)28(16,17)25(10,11)24(8,9)26(12,13)29(30,18)19/h1-20H3. The molecule has 0 aromatic rings. The third kappa shape index (κ3) is 2.52. The first-order valence-corrected chi connectivity index (χ1v) is 12.5. The number of hydrogen-bond acceptors (Lipinski definition) is 0. The normalized spacial score (nSPS) is 27.6. The lowest BCUT2D eigenvalue weighted by molar-refractivity contribution is -0.344. The summed E-state index contributed by atoms with van der Waals surface area (Å²) in [7, 11) is 0. The van der Waals surface area contributed by atoms with Gasteiger partial charge in [-0.2, -0.15) is 0 Å². The van der Waals surface area contributed by atoms with Gasteiger partial charge in [0.1, 0.15) is 0 Å². The van der Waals surface area contributed by atoms with E-state index in [0.29, 0.717) is 0 Å². The molecule has 0 saturated heterocycles. The van der Waals surface area contributed by atoms with Crippen LogP contribution in [0.2, 0.25) is 0 Å². The Bertz CT molecular complexity index is 635. The van der Waals surface area contributed by atoms with Gasteiger partial charge in [0, 0.05) is 0 Å². The van der Waals surface area contributed by atoms with Crippen LogP contribution in [0.25, 0.3) is 0 Å². The summed E-state index contributed by atoms with van der Waals surface area (Å²) in [5.74, 6) is 0. The number of rotatable bonds is 3. The maximum atomic E-state index is 2.66. The van der Waals surface area contributed by atoms with Gasteiger partial charge in [-0.3, -0.25) is 0 Å². The minimum absolute atomic E-state index is 0.0921. The van der Waals surface area contributed by atoms with Gasteiger partial charge < -0.3 is 0 Å². The summed E-state index contributed by atoms with van der Waals surface area (Å²) in [5, 5.41) is 0. The fourth-order valence-electron chi connectivity index (χ4n) is 8.28. The molecule has 0 bridgehead atoms. The molecule has 1 aliphatic carbocycles. The van der Waals surface area contributed by atoms with Crippen molar-refractivity contribution in [2.45, 2.75) is 138 Å². The van der Waals surface area contributed by atoms with E-state index in [0.717, 1.165) is 0 Å². The molecule has 30 heavy (non-hydrogen) atoms. The van der Waals surface area contributed by atoms with E-state index in [-0.39, 0.29) is 54.1 Å². The first-order chi connectivity index (χ1) is 12.5. The predicted molar refractivity (Wildman–Crippen MR) is 138 cm³/mol. The second-order valence-electron chi connectivity index (χ2n) is 16.4.